The van der Waals surface area contributed by atoms with Gasteiger partial charge in [-0.1, -0.05) is 11.6 Å². The molecule has 66 valence electrons. The van der Waals surface area contributed by atoms with Crippen molar-refractivity contribution >= 4 is 34.1 Å². The fourth-order valence-electron chi connectivity index (χ4n) is 1.11. The Balaban J connectivity index is 2.68. The van der Waals surface area contributed by atoms with Crippen molar-refractivity contribution in [2.24, 2.45) is 0 Å². The van der Waals surface area contributed by atoms with Crippen molar-refractivity contribution in [2.75, 3.05) is 0 Å². The number of nitrogens with zero attached hydrogens (tertiary/aromatic N) is 2. The smallest absolute Gasteiger partial charge is 0.129 e. The minimum Gasteiger partial charge on any atom is -0.259 e. The molecule has 0 aliphatic heterocycles. The van der Waals surface area contributed by atoms with Gasteiger partial charge in [0.25, 0.3) is 0 Å². The maximum Gasteiger partial charge on any atom is 0.129 e. The van der Waals surface area contributed by atoms with Gasteiger partial charge in [-0.3, -0.25) is 4.98 Å². The van der Waals surface area contributed by atoms with Crippen molar-refractivity contribution in [1.29, 1.82) is 0 Å². The molecule has 2 rings (SSSR count). The van der Waals surface area contributed by atoms with Crippen molar-refractivity contribution < 1.29 is 0 Å². The van der Waals surface area contributed by atoms with Crippen LogP contribution in [0.3, 0.4) is 0 Å². The first-order valence-electron chi connectivity index (χ1n) is 3.77. The molecule has 0 spiro atoms. The summed E-state index contributed by atoms with van der Waals surface area (Å²) in [6.07, 6.45) is 1.75. The summed E-state index contributed by atoms with van der Waals surface area (Å²) >= 11 is 11.4. The number of fused-ring (bicyclic) bond motifs is 1. The summed E-state index contributed by atoms with van der Waals surface area (Å²) in [6, 6.07) is 5.47. The van der Waals surface area contributed by atoms with Crippen LogP contribution in [0.25, 0.3) is 10.9 Å². The molecular weight excluding hydrogens is 207 g/mol. The molecule has 0 N–H and O–H groups in total. The number of halogens is 2. The Morgan fingerprint density at radius 2 is 2.15 bits per heavy atom. The lowest BCUT2D eigenvalue weighted by Crippen LogP contribution is -1.87. The van der Waals surface area contributed by atoms with E-state index in [1.54, 1.807) is 12.3 Å². The van der Waals surface area contributed by atoms with Crippen LogP contribution in [0, 0.1) is 0 Å². The molecule has 13 heavy (non-hydrogen) atoms. The van der Waals surface area contributed by atoms with E-state index in [0.29, 0.717) is 11.0 Å². The summed E-state index contributed by atoms with van der Waals surface area (Å²) in [5.41, 5.74) is 1.64. The van der Waals surface area contributed by atoms with Crippen LogP contribution in [0.1, 0.15) is 5.69 Å². The van der Waals surface area contributed by atoms with E-state index in [1.165, 1.54) is 0 Å². The summed E-state index contributed by atoms with van der Waals surface area (Å²) in [5.74, 6) is 0.393. The van der Waals surface area contributed by atoms with Gasteiger partial charge in [0.1, 0.15) is 5.15 Å². The van der Waals surface area contributed by atoms with E-state index in [9.17, 15) is 0 Å². The molecule has 0 aromatic carbocycles. The molecular formula is C9H6Cl2N2. The first-order valence-corrected chi connectivity index (χ1v) is 4.68. The maximum atomic E-state index is 5.75. The monoisotopic (exact) mass is 212 g/mol. The normalized spacial score (nSPS) is 10.6. The quantitative estimate of drug-likeness (QED) is 0.537. The average molecular weight is 213 g/mol. The summed E-state index contributed by atoms with van der Waals surface area (Å²) in [5, 5.41) is 1.46. The van der Waals surface area contributed by atoms with E-state index in [4.69, 9.17) is 23.2 Å². The third kappa shape index (κ3) is 1.74. The zero-order valence-corrected chi connectivity index (χ0v) is 8.18. The number of aromatic nitrogens is 2. The van der Waals surface area contributed by atoms with Gasteiger partial charge in [0, 0.05) is 11.6 Å². The van der Waals surface area contributed by atoms with Gasteiger partial charge < -0.3 is 0 Å². The highest BCUT2D eigenvalue weighted by Gasteiger charge is 1.98. The second-order valence-electron chi connectivity index (χ2n) is 2.64. The molecule has 0 bridgehead atoms. The molecule has 0 fully saturated rings. The van der Waals surface area contributed by atoms with Crippen LogP contribution in [-0.4, -0.2) is 9.97 Å². The largest absolute Gasteiger partial charge is 0.259 e. The maximum absolute atomic E-state index is 5.75. The number of hydrogen-bond donors (Lipinski definition) is 0. The van der Waals surface area contributed by atoms with Crippen LogP contribution in [-0.2, 0) is 5.88 Å². The van der Waals surface area contributed by atoms with E-state index >= 15 is 0 Å². The van der Waals surface area contributed by atoms with E-state index in [1.807, 2.05) is 12.1 Å². The fraction of sp³-hybridized carbons (Fsp3) is 0.111. The van der Waals surface area contributed by atoms with Crippen molar-refractivity contribution in [2.45, 2.75) is 5.88 Å². The van der Waals surface area contributed by atoms with Crippen molar-refractivity contribution in [3.8, 4) is 0 Å². The Hall–Kier alpha value is -0.860. The molecule has 0 amide bonds. The highest BCUT2D eigenvalue weighted by Crippen LogP contribution is 2.15. The van der Waals surface area contributed by atoms with Gasteiger partial charge in [-0.2, -0.15) is 0 Å². The molecule has 0 aliphatic rings. The van der Waals surface area contributed by atoms with Crippen LogP contribution in [0.15, 0.2) is 24.4 Å². The zero-order chi connectivity index (χ0) is 9.26. The molecule has 2 aromatic rings. The molecule has 0 saturated carbocycles. The van der Waals surface area contributed by atoms with Gasteiger partial charge in [0.2, 0.25) is 0 Å². The van der Waals surface area contributed by atoms with Gasteiger partial charge >= 0.3 is 0 Å². The Labute approximate surface area is 85.5 Å². The van der Waals surface area contributed by atoms with Gasteiger partial charge in [-0.25, -0.2) is 4.98 Å². The van der Waals surface area contributed by atoms with Crippen LogP contribution >= 0.6 is 23.2 Å². The molecule has 0 unspecified atom stereocenters. The molecule has 0 radical (unpaired) electrons. The second-order valence-corrected chi connectivity index (χ2v) is 3.29. The standard InChI is InChI=1S/C9H6Cl2N2/c10-4-7-3-8-6(5-12-7)1-2-9(11)13-8/h1-3,5H,4H2. The SMILES string of the molecule is ClCc1cc2nc(Cl)ccc2cn1. The molecule has 2 nitrogen and oxygen atoms in total. The minimum atomic E-state index is 0.393. The van der Waals surface area contributed by atoms with E-state index in [0.717, 1.165) is 16.6 Å². The molecule has 2 aromatic heterocycles. The summed E-state index contributed by atoms with van der Waals surface area (Å²) in [7, 11) is 0. The predicted octanol–water partition coefficient (Wildman–Crippen LogP) is 3.02. The lowest BCUT2D eigenvalue weighted by molar-refractivity contribution is 1.18. The highest BCUT2D eigenvalue weighted by atomic mass is 35.5. The highest BCUT2D eigenvalue weighted by molar-refractivity contribution is 6.29. The lowest BCUT2D eigenvalue weighted by Gasteiger charge is -1.98. The predicted molar refractivity (Wildman–Crippen MR) is 54.1 cm³/mol. The summed E-state index contributed by atoms with van der Waals surface area (Å²) < 4.78 is 0. The first kappa shape index (κ1) is 8.73. The first-order chi connectivity index (χ1) is 6.29. The Bertz CT molecular complexity index is 443. The number of pyridine rings is 2. The van der Waals surface area contributed by atoms with Gasteiger partial charge in [-0.15, -0.1) is 11.6 Å². The molecule has 0 aliphatic carbocycles. The van der Waals surface area contributed by atoms with Crippen LogP contribution < -0.4 is 0 Å². The third-order valence-corrected chi connectivity index (χ3v) is 2.22. The van der Waals surface area contributed by atoms with E-state index < -0.39 is 0 Å². The van der Waals surface area contributed by atoms with Gasteiger partial charge in [0.15, 0.2) is 0 Å². The third-order valence-electron chi connectivity index (χ3n) is 1.73. The Kier molecular flexibility index (Phi) is 2.34. The van der Waals surface area contributed by atoms with Crippen molar-refractivity contribution in [3.63, 3.8) is 0 Å². The van der Waals surface area contributed by atoms with Gasteiger partial charge in [0.05, 0.1) is 17.1 Å². The lowest BCUT2D eigenvalue weighted by atomic mass is 10.2. The minimum absolute atomic E-state index is 0.393. The summed E-state index contributed by atoms with van der Waals surface area (Å²) in [6.45, 7) is 0. The van der Waals surface area contributed by atoms with Crippen molar-refractivity contribution in [3.05, 3.63) is 35.2 Å². The second kappa shape index (κ2) is 3.48. The number of hydrogen-bond acceptors (Lipinski definition) is 2. The van der Waals surface area contributed by atoms with Crippen molar-refractivity contribution in [1.82, 2.24) is 9.97 Å². The molecule has 4 heteroatoms. The zero-order valence-electron chi connectivity index (χ0n) is 6.67. The number of rotatable bonds is 1. The molecule has 0 atom stereocenters. The van der Waals surface area contributed by atoms with Crippen LogP contribution in [0.2, 0.25) is 5.15 Å². The Morgan fingerprint density at radius 1 is 1.31 bits per heavy atom. The van der Waals surface area contributed by atoms with Gasteiger partial charge in [-0.05, 0) is 18.2 Å². The van der Waals surface area contributed by atoms with E-state index in [-0.39, 0.29) is 0 Å². The van der Waals surface area contributed by atoms with Crippen LogP contribution in [0.4, 0.5) is 0 Å². The molecule has 0 saturated heterocycles. The van der Waals surface area contributed by atoms with Crippen LogP contribution in [0.5, 0.6) is 0 Å². The summed E-state index contributed by atoms with van der Waals surface area (Å²) in [4.78, 5) is 8.29. The average Bonchev–Trinajstić information content (AvgIpc) is 2.16. The topological polar surface area (TPSA) is 25.8 Å². The van der Waals surface area contributed by atoms with E-state index in [2.05, 4.69) is 9.97 Å². The molecule has 2 heterocycles. The fourth-order valence-corrected chi connectivity index (χ4v) is 1.41. The Morgan fingerprint density at radius 3 is 2.92 bits per heavy atom. The number of alkyl halides is 1.